The molecular formula is C12H23N3O2. The van der Waals surface area contributed by atoms with E-state index in [0.29, 0.717) is 13.2 Å². The monoisotopic (exact) mass is 241 g/mol. The van der Waals surface area contributed by atoms with Crippen molar-refractivity contribution in [1.82, 2.24) is 15.1 Å². The first kappa shape index (κ1) is 12.8. The second kappa shape index (κ2) is 5.33. The van der Waals surface area contributed by atoms with Crippen LogP contribution in [0, 0.1) is 0 Å². The van der Waals surface area contributed by atoms with Gasteiger partial charge in [0.15, 0.2) is 5.60 Å². The Kier molecular flexibility index (Phi) is 4.01. The van der Waals surface area contributed by atoms with Crippen molar-refractivity contribution >= 4 is 5.91 Å². The number of nitrogens with zero attached hydrogens (tertiary/aromatic N) is 2. The average Bonchev–Trinajstić information content (AvgIpc) is 2.56. The number of hydrogen-bond donors (Lipinski definition) is 1. The Morgan fingerprint density at radius 1 is 1.29 bits per heavy atom. The van der Waals surface area contributed by atoms with Crippen LogP contribution in [0.1, 0.15) is 13.3 Å². The molecule has 5 nitrogen and oxygen atoms in total. The van der Waals surface area contributed by atoms with E-state index in [-0.39, 0.29) is 5.91 Å². The summed E-state index contributed by atoms with van der Waals surface area (Å²) in [6, 6.07) is 0. The van der Waals surface area contributed by atoms with Crippen LogP contribution in [0.15, 0.2) is 0 Å². The summed E-state index contributed by atoms with van der Waals surface area (Å²) in [6.07, 6.45) is 1.03. The highest BCUT2D eigenvalue weighted by molar-refractivity contribution is 5.85. The van der Waals surface area contributed by atoms with E-state index >= 15 is 0 Å². The molecule has 2 rings (SSSR count). The predicted octanol–water partition coefficient (Wildman–Crippen LogP) is -0.471. The molecule has 5 heteroatoms. The van der Waals surface area contributed by atoms with Crippen molar-refractivity contribution in [1.29, 1.82) is 0 Å². The van der Waals surface area contributed by atoms with Crippen molar-refractivity contribution in [3.05, 3.63) is 0 Å². The van der Waals surface area contributed by atoms with Crippen LogP contribution in [0.25, 0.3) is 0 Å². The van der Waals surface area contributed by atoms with Gasteiger partial charge >= 0.3 is 0 Å². The number of nitrogens with one attached hydrogen (secondary N) is 1. The van der Waals surface area contributed by atoms with Crippen LogP contribution in [0.2, 0.25) is 0 Å². The van der Waals surface area contributed by atoms with E-state index in [1.165, 1.54) is 0 Å². The summed E-state index contributed by atoms with van der Waals surface area (Å²) in [4.78, 5) is 16.6. The van der Waals surface area contributed by atoms with Gasteiger partial charge in [-0.3, -0.25) is 4.79 Å². The summed E-state index contributed by atoms with van der Waals surface area (Å²) in [5.74, 6) is 0.146. The van der Waals surface area contributed by atoms with Crippen molar-refractivity contribution < 1.29 is 9.53 Å². The van der Waals surface area contributed by atoms with Gasteiger partial charge in [0.25, 0.3) is 5.91 Å². The third-order valence-electron chi connectivity index (χ3n) is 3.54. The number of carbonyl (C=O) groups is 1. The first-order chi connectivity index (χ1) is 8.12. The quantitative estimate of drug-likeness (QED) is 0.674. The Balaban J connectivity index is 2.01. The van der Waals surface area contributed by atoms with E-state index in [9.17, 15) is 4.79 Å². The molecule has 2 heterocycles. The minimum atomic E-state index is -0.655. The highest BCUT2D eigenvalue weighted by Crippen LogP contribution is 2.20. The maximum absolute atomic E-state index is 12.5. The molecule has 1 atom stereocenters. The summed E-state index contributed by atoms with van der Waals surface area (Å²) in [5.41, 5.74) is -0.655. The van der Waals surface area contributed by atoms with Crippen LogP contribution < -0.4 is 5.32 Å². The van der Waals surface area contributed by atoms with Crippen molar-refractivity contribution in [2.75, 3.05) is 52.9 Å². The summed E-state index contributed by atoms with van der Waals surface area (Å²) in [6.45, 7) is 7.68. The van der Waals surface area contributed by atoms with Gasteiger partial charge in [0.1, 0.15) is 0 Å². The second-order valence-electron chi connectivity index (χ2n) is 5.21. The predicted molar refractivity (Wildman–Crippen MR) is 65.9 cm³/mol. The van der Waals surface area contributed by atoms with Crippen LogP contribution in [-0.4, -0.2) is 74.2 Å². The molecule has 2 aliphatic rings. The molecule has 0 spiro atoms. The van der Waals surface area contributed by atoms with Gasteiger partial charge in [0.05, 0.1) is 6.61 Å². The summed E-state index contributed by atoms with van der Waals surface area (Å²) >= 11 is 0. The molecule has 0 aromatic heterocycles. The fraction of sp³-hybridized carbons (Fsp3) is 0.917. The lowest BCUT2D eigenvalue weighted by molar-refractivity contribution is -0.166. The normalized spacial score (nSPS) is 32.2. The molecule has 0 radical (unpaired) electrons. The van der Waals surface area contributed by atoms with Gasteiger partial charge in [-0.25, -0.2) is 0 Å². The van der Waals surface area contributed by atoms with Gasteiger partial charge in [0, 0.05) is 32.7 Å². The van der Waals surface area contributed by atoms with E-state index in [2.05, 4.69) is 10.2 Å². The minimum Gasteiger partial charge on any atom is -0.363 e. The molecule has 2 aliphatic heterocycles. The first-order valence-corrected chi connectivity index (χ1v) is 6.44. The Hall–Kier alpha value is -0.650. The van der Waals surface area contributed by atoms with Crippen LogP contribution in [0.5, 0.6) is 0 Å². The van der Waals surface area contributed by atoms with Gasteiger partial charge < -0.3 is 19.9 Å². The van der Waals surface area contributed by atoms with Crippen LogP contribution >= 0.6 is 0 Å². The van der Waals surface area contributed by atoms with Gasteiger partial charge in [-0.2, -0.15) is 0 Å². The molecule has 0 bridgehead atoms. The summed E-state index contributed by atoms with van der Waals surface area (Å²) in [5, 5.41) is 3.31. The number of rotatable bonds is 1. The molecule has 2 saturated heterocycles. The van der Waals surface area contributed by atoms with Gasteiger partial charge in [0.2, 0.25) is 0 Å². The molecule has 0 saturated carbocycles. The molecule has 0 aromatic rings. The molecule has 1 unspecified atom stereocenters. The molecule has 98 valence electrons. The van der Waals surface area contributed by atoms with Crippen molar-refractivity contribution in [3.8, 4) is 0 Å². The SMILES string of the molecule is CN1CCOC(C)(C(=O)N2CCCNCC2)C1. The van der Waals surface area contributed by atoms with Crippen LogP contribution in [0.3, 0.4) is 0 Å². The van der Waals surface area contributed by atoms with Crippen LogP contribution in [0.4, 0.5) is 0 Å². The second-order valence-corrected chi connectivity index (χ2v) is 5.21. The first-order valence-electron chi connectivity index (χ1n) is 6.44. The van der Waals surface area contributed by atoms with Gasteiger partial charge in [-0.15, -0.1) is 0 Å². The molecule has 1 N–H and O–H groups in total. The highest BCUT2D eigenvalue weighted by atomic mass is 16.5. The Labute approximate surface area is 103 Å². The minimum absolute atomic E-state index is 0.146. The Morgan fingerprint density at radius 3 is 2.88 bits per heavy atom. The lowest BCUT2D eigenvalue weighted by Gasteiger charge is -2.40. The standard InChI is InChI=1S/C12H23N3O2/c1-12(10-14(2)8-9-17-12)11(16)15-6-3-4-13-5-7-15/h13H,3-10H2,1-2H3. The van der Waals surface area contributed by atoms with Crippen molar-refractivity contribution in [2.45, 2.75) is 18.9 Å². The molecule has 0 aliphatic carbocycles. The Bertz CT molecular complexity index is 277. The molecule has 1 amide bonds. The largest absolute Gasteiger partial charge is 0.363 e. The van der Waals surface area contributed by atoms with E-state index in [4.69, 9.17) is 4.74 Å². The van der Waals surface area contributed by atoms with E-state index in [1.54, 1.807) is 0 Å². The maximum atomic E-state index is 12.5. The Morgan fingerprint density at radius 2 is 2.12 bits per heavy atom. The van der Waals surface area contributed by atoms with Crippen LogP contribution in [-0.2, 0) is 9.53 Å². The molecular weight excluding hydrogens is 218 g/mol. The fourth-order valence-corrected chi connectivity index (χ4v) is 2.58. The van der Waals surface area contributed by atoms with E-state index in [1.807, 2.05) is 18.9 Å². The fourth-order valence-electron chi connectivity index (χ4n) is 2.58. The zero-order chi connectivity index (χ0) is 12.3. The molecule has 17 heavy (non-hydrogen) atoms. The summed E-state index contributed by atoms with van der Waals surface area (Å²) in [7, 11) is 2.04. The maximum Gasteiger partial charge on any atom is 0.255 e. The number of likely N-dealkylation sites (N-methyl/N-ethyl adjacent to an activating group) is 1. The number of morpholine rings is 1. The molecule has 2 fully saturated rings. The van der Waals surface area contributed by atoms with Crippen molar-refractivity contribution in [3.63, 3.8) is 0 Å². The number of carbonyl (C=O) groups excluding carboxylic acids is 1. The molecule has 0 aromatic carbocycles. The average molecular weight is 241 g/mol. The number of ether oxygens (including phenoxy) is 1. The van der Waals surface area contributed by atoms with E-state index in [0.717, 1.165) is 39.1 Å². The van der Waals surface area contributed by atoms with Gasteiger partial charge in [-0.05, 0) is 26.9 Å². The number of amides is 1. The third kappa shape index (κ3) is 2.97. The van der Waals surface area contributed by atoms with E-state index < -0.39 is 5.60 Å². The smallest absolute Gasteiger partial charge is 0.255 e. The topological polar surface area (TPSA) is 44.8 Å². The lowest BCUT2D eigenvalue weighted by Crippen LogP contribution is -2.58. The summed E-state index contributed by atoms with van der Waals surface area (Å²) < 4.78 is 5.74. The third-order valence-corrected chi connectivity index (χ3v) is 3.54. The number of hydrogen-bond acceptors (Lipinski definition) is 4. The van der Waals surface area contributed by atoms with Crippen molar-refractivity contribution in [2.24, 2.45) is 0 Å². The zero-order valence-corrected chi connectivity index (χ0v) is 10.9. The van der Waals surface area contributed by atoms with Gasteiger partial charge in [-0.1, -0.05) is 0 Å². The highest BCUT2D eigenvalue weighted by Gasteiger charge is 2.40. The lowest BCUT2D eigenvalue weighted by atomic mass is 10.0. The zero-order valence-electron chi connectivity index (χ0n) is 10.9.